The first-order valence-electron chi connectivity index (χ1n) is 5.78. The van der Waals surface area contributed by atoms with E-state index in [4.69, 9.17) is 13.9 Å². The number of fused-ring (bicyclic) bond motifs is 1. The largest absolute Gasteiger partial charge is 0.486 e. The molecule has 0 saturated heterocycles. The zero-order chi connectivity index (χ0) is 13.8. The average Bonchev–Trinajstić information content (AvgIpc) is 2.36. The van der Waals surface area contributed by atoms with E-state index in [0.29, 0.717) is 17.9 Å². The van der Waals surface area contributed by atoms with Crippen LogP contribution in [0.25, 0.3) is 11.0 Å². The van der Waals surface area contributed by atoms with Crippen molar-refractivity contribution in [1.82, 2.24) is 0 Å². The Labute approximate surface area is 109 Å². The van der Waals surface area contributed by atoms with Gasteiger partial charge >= 0.3 is 5.63 Å². The molecule has 5 heteroatoms. The lowest BCUT2D eigenvalue weighted by Gasteiger charge is -2.07. The number of Topliss-reactive ketones (excluding diaryl/α,β-unsaturated/α-hetero) is 1. The average molecular weight is 262 g/mol. The molecule has 5 nitrogen and oxygen atoms in total. The third kappa shape index (κ3) is 3.20. The molecule has 1 aromatic heterocycles. The van der Waals surface area contributed by atoms with Gasteiger partial charge in [-0.15, -0.1) is 0 Å². The first-order valence-corrected chi connectivity index (χ1v) is 5.78. The molecular formula is C14H14O5. The molecule has 0 bridgehead atoms. The third-order valence-electron chi connectivity index (χ3n) is 2.54. The van der Waals surface area contributed by atoms with E-state index in [-0.39, 0.29) is 12.4 Å². The highest BCUT2D eigenvalue weighted by Gasteiger charge is 2.07. The maximum Gasteiger partial charge on any atom is 0.336 e. The minimum absolute atomic E-state index is 0.00645. The van der Waals surface area contributed by atoms with Gasteiger partial charge < -0.3 is 13.9 Å². The van der Waals surface area contributed by atoms with E-state index in [1.54, 1.807) is 25.3 Å². The number of ketones is 1. The van der Waals surface area contributed by atoms with Crippen LogP contribution in [0, 0.1) is 0 Å². The van der Waals surface area contributed by atoms with Crippen LogP contribution in [0.2, 0.25) is 0 Å². The molecule has 0 N–H and O–H groups in total. The standard InChI is InChI=1S/C14H14O5/c1-9(15)7-18-11-3-4-12-10(8-17-2)5-14(16)19-13(12)6-11/h3-6H,7-8H2,1-2H3. The molecule has 2 aromatic rings. The molecule has 0 unspecified atom stereocenters. The van der Waals surface area contributed by atoms with Crippen molar-refractivity contribution in [1.29, 1.82) is 0 Å². The van der Waals surface area contributed by atoms with Gasteiger partial charge in [0.15, 0.2) is 5.78 Å². The normalized spacial score (nSPS) is 10.6. The summed E-state index contributed by atoms with van der Waals surface area (Å²) < 4.78 is 15.4. The summed E-state index contributed by atoms with van der Waals surface area (Å²) in [5.41, 5.74) is 0.732. The van der Waals surface area contributed by atoms with E-state index in [0.717, 1.165) is 10.9 Å². The van der Waals surface area contributed by atoms with Crippen LogP contribution in [0.5, 0.6) is 5.75 Å². The molecule has 0 spiro atoms. The zero-order valence-electron chi connectivity index (χ0n) is 10.8. The molecular weight excluding hydrogens is 248 g/mol. The highest BCUT2D eigenvalue weighted by atomic mass is 16.5. The number of rotatable bonds is 5. The van der Waals surface area contributed by atoms with Crippen LogP contribution in [-0.4, -0.2) is 19.5 Å². The second kappa shape index (κ2) is 5.67. The van der Waals surface area contributed by atoms with E-state index < -0.39 is 5.63 Å². The predicted octanol–water partition coefficient (Wildman–Crippen LogP) is 1.91. The van der Waals surface area contributed by atoms with Crippen LogP contribution in [0.3, 0.4) is 0 Å². The lowest BCUT2D eigenvalue weighted by atomic mass is 10.1. The highest BCUT2D eigenvalue weighted by molar-refractivity contribution is 5.82. The number of ether oxygens (including phenoxy) is 2. The minimum Gasteiger partial charge on any atom is -0.486 e. The quantitative estimate of drug-likeness (QED) is 0.770. The smallest absolute Gasteiger partial charge is 0.336 e. The molecule has 19 heavy (non-hydrogen) atoms. The lowest BCUT2D eigenvalue weighted by Crippen LogP contribution is -2.07. The van der Waals surface area contributed by atoms with Gasteiger partial charge in [-0.1, -0.05) is 0 Å². The Morgan fingerprint density at radius 2 is 2.11 bits per heavy atom. The first kappa shape index (κ1) is 13.3. The summed E-state index contributed by atoms with van der Waals surface area (Å²) in [5.74, 6) is 0.412. The summed E-state index contributed by atoms with van der Waals surface area (Å²) in [6.07, 6.45) is 0. The zero-order valence-corrected chi connectivity index (χ0v) is 10.8. The number of benzene rings is 1. The molecule has 0 atom stereocenters. The second-order valence-corrected chi connectivity index (χ2v) is 4.17. The summed E-state index contributed by atoms with van der Waals surface area (Å²) in [4.78, 5) is 22.3. The molecule has 0 radical (unpaired) electrons. The van der Waals surface area contributed by atoms with Gasteiger partial charge in [-0.05, 0) is 24.6 Å². The van der Waals surface area contributed by atoms with Crippen molar-refractivity contribution in [2.45, 2.75) is 13.5 Å². The van der Waals surface area contributed by atoms with Gasteiger partial charge in [0.2, 0.25) is 0 Å². The number of methoxy groups -OCH3 is 1. The van der Waals surface area contributed by atoms with E-state index >= 15 is 0 Å². The van der Waals surface area contributed by atoms with E-state index in [1.165, 1.54) is 13.0 Å². The third-order valence-corrected chi connectivity index (χ3v) is 2.54. The molecule has 1 heterocycles. The molecule has 0 fully saturated rings. The fourth-order valence-corrected chi connectivity index (χ4v) is 1.76. The Balaban J connectivity index is 2.42. The Hall–Kier alpha value is -2.14. The van der Waals surface area contributed by atoms with E-state index in [9.17, 15) is 9.59 Å². The monoisotopic (exact) mass is 262 g/mol. The highest BCUT2D eigenvalue weighted by Crippen LogP contribution is 2.23. The van der Waals surface area contributed by atoms with E-state index in [1.807, 2.05) is 0 Å². The Morgan fingerprint density at radius 1 is 1.32 bits per heavy atom. The number of carbonyl (C=O) groups is 1. The van der Waals surface area contributed by atoms with Crippen LogP contribution in [0.15, 0.2) is 33.5 Å². The van der Waals surface area contributed by atoms with Crippen molar-refractivity contribution in [2.75, 3.05) is 13.7 Å². The van der Waals surface area contributed by atoms with Gasteiger partial charge in [-0.25, -0.2) is 4.79 Å². The lowest BCUT2D eigenvalue weighted by molar-refractivity contribution is -0.118. The molecule has 2 rings (SSSR count). The van der Waals surface area contributed by atoms with Crippen LogP contribution < -0.4 is 10.4 Å². The number of hydrogen-bond acceptors (Lipinski definition) is 5. The van der Waals surface area contributed by atoms with Crippen LogP contribution in [0.1, 0.15) is 12.5 Å². The molecule has 1 aromatic carbocycles. The van der Waals surface area contributed by atoms with Crippen LogP contribution >= 0.6 is 0 Å². The van der Waals surface area contributed by atoms with Crippen molar-refractivity contribution in [3.05, 3.63) is 40.2 Å². The van der Waals surface area contributed by atoms with E-state index in [2.05, 4.69) is 0 Å². The number of hydrogen-bond donors (Lipinski definition) is 0. The Bertz CT molecular complexity index is 656. The van der Waals surface area contributed by atoms with Crippen LogP contribution in [-0.2, 0) is 16.1 Å². The molecule has 100 valence electrons. The summed E-state index contributed by atoms with van der Waals surface area (Å²) in [6, 6.07) is 6.51. The fraction of sp³-hybridized carbons (Fsp3) is 0.286. The summed E-state index contributed by atoms with van der Waals surface area (Å²) >= 11 is 0. The SMILES string of the molecule is COCc1cc(=O)oc2cc(OCC(C)=O)ccc12. The van der Waals surface area contributed by atoms with Gasteiger partial charge in [-0.3, -0.25) is 4.79 Å². The maximum absolute atomic E-state index is 11.4. The Morgan fingerprint density at radius 3 is 2.79 bits per heavy atom. The first-order chi connectivity index (χ1) is 9.10. The van der Waals surface area contributed by atoms with Crippen LogP contribution in [0.4, 0.5) is 0 Å². The molecule has 0 amide bonds. The van der Waals surface area contributed by atoms with Crippen molar-refractivity contribution in [3.8, 4) is 5.75 Å². The molecule has 0 aliphatic carbocycles. The topological polar surface area (TPSA) is 65.7 Å². The summed E-state index contributed by atoms with van der Waals surface area (Å²) in [7, 11) is 1.56. The molecule has 0 saturated carbocycles. The predicted molar refractivity (Wildman–Crippen MR) is 69.4 cm³/mol. The van der Waals surface area contributed by atoms with Gasteiger partial charge in [-0.2, -0.15) is 0 Å². The molecule has 0 aliphatic rings. The summed E-state index contributed by atoms with van der Waals surface area (Å²) in [5, 5.41) is 0.789. The maximum atomic E-state index is 11.4. The van der Waals surface area contributed by atoms with Gasteiger partial charge in [0.25, 0.3) is 0 Å². The second-order valence-electron chi connectivity index (χ2n) is 4.17. The minimum atomic E-state index is -0.441. The van der Waals surface area contributed by atoms with Gasteiger partial charge in [0, 0.05) is 24.6 Å². The van der Waals surface area contributed by atoms with Crippen molar-refractivity contribution in [3.63, 3.8) is 0 Å². The van der Waals surface area contributed by atoms with Crippen molar-refractivity contribution < 1.29 is 18.7 Å². The molecule has 0 aliphatic heterocycles. The van der Waals surface area contributed by atoms with Gasteiger partial charge in [0.05, 0.1) is 6.61 Å². The van der Waals surface area contributed by atoms with Gasteiger partial charge in [0.1, 0.15) is 17.9 Å². The summed E-state index contributed by atoms with van der Waals surface area (Å²) in [6.45, 7) is 1.76. The van der Waals surface area contributed by atoms with Crippen molar-refractivity contribution >= 4 is 16.8 Å². The van der Waals surface area contributed by atoms with Crippen molar-refractivity contribution in [2.24, 2.45) is 0 Å². The number of carbonyl (C=O) groups excluding carboxylic acids is 1. The fourth-order valence-electron chi connectivity index (χ4n) is 1.76. The Kier molecular flexibility index (Phi) is 3.97.